The minimum Gasteiger partial charge on any atom is -0.328 e. The maximum atomic E-state index is 10.5. The van der Waals surface area contributed by atoms with Gasteiger partial charge in [-0.25, -0.2) is 0 Å². The van der Waals surface area contributed by atoms with Gasteiger partial charge in [0.1, 0.15) is 6.04 Å². The Morgan fingerprint density at radius 1 is 1.57 bits per heavy atom. The van der Waals surface area contributed by atoms with Crippen molar-refractivity contribution in [3.05, 3.63) is 34.9 Å². The van der Waals surface area contributed by atoms with E-state index in [2.05, 4.69) is 0 Å². The van der Waals surface area contributed by atoms with Gasteiger partial charge in [-0.3, -0.25) is 4.79 Å². The van der Waals surface area contributed by atoms with E-state index in [4.69, 9.17) is 16.9 Å². The van der Waals surface area contributed by atoms with E-state index in [0.717, 1.165) is 0 Å². The van der Waals surface area contributed by atoms with Gasteiger partial charge in [0, 0.05) is 17.6 Å². The molecule has 0 radical (unpaired) electrons. The van der Waals surface area contributed by atoms with Gasteiger partial charge in [0.05, 0.1) is 6.07 Å². The van der Waals surface area contributed by atoms with Crippen molar-refractivity contribution in [2.45, 2.75) is 6.04 Å². The zero-order valence-electron chi connectivity index (χ0n) is 7.64. The molecule has 1 atom stereocenters. The van der Waals surface area contributed by atoms with Gasteiger partial charge in [-0.05, 0) is 6.07 Å². The molecular weight excluding hydrogens is 200 g/mol. The van der Waals surface area contributed by atoms with E-state index in [9.17, 15) is 4.79 Å². The topological polar surface area (TPSA) is 44.1 Å². The first-order valence-corrected chi connectivity index (χ1v) is 4.39. The van der Waals surface area contributed by atoms with Crippen molar-refractivity contribution in [3.8, 4) is 6.07 Å². The fourth-order valence-corrected chi connectivity index (χ4v) is 1.38. The molecule has 1 amide bonds. The lowest BCUT2D eigenvalue weighted by Gasteiger charge is -2.18. The van der Waals surface area contributed by atoms with Crippen LogP contribution in [-0.4, -0.2) is 18.4 Å². The van der Waals surface area contributed by atoms with Gasteiger partial charge in [-0.15, -0.1) is 0 Å². The summed E-state index contributed by atoms with van der Waals surface area (Å²) < 4.78 is 0. The lowest BCUT2D eigenvalue weighted by molar-refractivity contribution is -0.118. The molecular formula is C10H9ClN2O. The van der Waals surface area contributed by atoms with E-state index < -0.39 is 6.04 Å². The quantitative estimate of drug-likeness (QED) is 0.713. The summed E-state index contributed by atoms with van der Waals surface area (Å²) in [4.78, 5) is 11.8. The van der Waals surface area contributed by atoms with Gasteiger partial charge in [-0.2, -0.15) is 5.26 Å². The molecule has 0 aliphatic heterocycles. The van der Waals surface area contributed by atoms with Crippen LogP contribution in [0.5, 0.6) is 0 Å². The van der Waals surface area contributed by atoms with Crippen LogP contribution in [0.15, 0.2) is 24.3 Å². The van der Waals surface area contributed by atoms with Crippen LogP contribution in [0.1, 0.15) is 11.6 Å². The Morgan fingerprint density at radius 3 is 2.71 bits per heavy atom. The molecule has 0 aromatic heterocycles. The third kappa shape index (κ3) is 2.04. The molecule has 1 rings (SSSR count). The SMILES string of the molecule is CN(C=O)C(C#N)c1ccccc1Cl. The van der Waals surface area contributed by atoms with Crippen molar-refractivity contribution in [2.24, 2.45) is 0 Å². The average molecular weight is 209 g/mol. The van der Waals surface area contributed by atoms with Gasteiger partial charge in [0.25, 0.3) is 0 Å². The molecule has 1 aromatic carbocycles. The number of halogens is 1. The standard InChI is InChI=1S/C10H9ClN2O/c1-13(7-14)10(6-12)8-4-2-3-5-9(8)11/h2-5,7,10H,1H3. The largest absolute Gasteiger partial charge is 0.328 e. The van der Waals surface area contributed by atoms with Gasteiger partial charge in [0.15, 0.2) is 0 Å². The van der Waals surface area contributed by atoms with Crippen molar-refractivity contribution in [1.29, 1.82) is 5.26 Å². The molecule has 1 unspecified atom stereocenters. The van der Waals surface area contributed by atoms with E-state index in [1.54, 1.807) is 31.3 Å². The first-order chi connectivity index (χ1) is 6.70. The molecule has 0 fully saturated rings. The number of amides is 1. The van der Waals surface area contributed by atoms with Crippen molar-refractivity contribution in [1.82, 2.24) is 4.90 Å². The fraction of sp³-hybridized carbons (Fsp3) is 0.200. The van der Waals surface area contributed by atoms with Gasteiger partial charge >= 0.3 is 0 Å². The highest BCUT2D eigenvalue weighted by Crippen LogP contribution is 2.25. The molecule has 0 saturated carbocycles. The highest BCUT2D eigenvalue weighted by Gasteiger charge is 2.16. The Balaban J connectivity index is 3.08. The van der Waals surface area contributed by atoms with E-state index in [1.165, 1.54) is 4.90 Å². The third-order valence-corrected chi connectivity index (χ3v) is 2.24. The number of hydrogen-bond acceptors (Lipinski definition) is 2. The first-order valence-electron chi connectivity index (χ1n) is 4.02. The van der Waals surface area contributed by atoms with Gasteiger partial charge in [-0.1, -0.05) is 29.8 Å². The molecule has 0 aliphatic rings. The zero-order chi connectivity index (χ0) is 10.6. The summed E-state index contributed by atoms with van der Waals surface area (Å²) in [5, 5.41) is 9.39. The highest BCUT2D eigenvalue weighted by molar-refractivity contribution is 6.31. The summed E-state index contributed by atoms with van der Waals surface area (Å²) in [5.74, 6) is 0. The number of nitriles is 1. The summed E-state index contributed by atoms with van der Waals surface area (Å²) >= 11 is 5.91. The number of rotatable bonds is 3. The summed E-state index contributed by atoms with van der Waals surface area (Å²) in [6, 6.07) is 8.38. The average Bonchev–Trinajstić information content (AvgIpc) is 2.21. The van der Waals surface area contributed by atoms with Crippen molar-refractivity contribution >= 4 is 18.0 Å². The Kier molecular flexibility index (Phi) is 3.49. The summed E-state index contributed by atoms with van der Waals surface area (Å²) in [6.45, 7) is 0. The van der Waals surface area contributed by atoms with Gasteiger partial charge < -0.3 is 4.90 Å². The van der Waals surface area contributed by atoms with E-state index in [0.29, 0.717) is 17.0 Å². The van der Waals surface area contributed by atoms with Crippen LogP contribution in [0.2, 0.25) is 5.02 Å². The van der Waals surface area contributed by atoms with E-state index in [-0.39, 0.29) is 0 Å². The second-order valence-electron chi connectivity index (χ2n) is 2.82. The van der Waals surface area contributed by atoms with Crippen LogP contribution < -0.4 is 0 Å². The third-order valence-electron chi connectivity index (χ3n) is 1.90. The smallest absolute Gasteiger partial charge is 0.210 e. The Labute approximate surface area is 87.5 Å². The number of carbonyl (C=O) groups is 1. The molecule has 0 saturated heterocycles. The Morgan fingerprint density at radius 2 is 2.21 bits per heavy atom. The van der Waals surface area contributed by atoms with Crippen LogP contribution in [0.3, 0.4) is 0 Å². The summed E-state index contributed by atoms with van der Waals surface area (Å²) in [5.41, 5.74) is 0.645. The van der Waals surface area contributed by atoms with Crippen molar-refractivity contribution < 1.29 is 4.79 Å². The van der Waals surface area contributed by atoms with Gasteiger partial charge in [0.2, 0.25) is 6.41 Å². The van der Waals surface area contributed by atoms with Crippen molar-refractivity contribution in [2.75, 3.05) is 7.05 Å². The van der Waals surface area contributed by atoms with Crippen LogP contribution in [0, 0.1) is 11.3 Å². The van der Waals surface area contributed by atoms with Crippen LogP contribution in [-0.2, 0) is 4.79 Å². The second kappa shape index (κ2) is 4.64. The monoisotopic (exact) mass is 208 g/mol. The molecule has 0 aliphatic carbocycles. The maximum Gasteiger partial charge on any atom is 0.210 e. The number of nitrogens with zero attached hydrogens (tertiary/aromatic N) is 2. The highest BCUT2D eigenvalue weighted by atomic mass is 35.5. The predicted molar refractivity (Wildman–Crippen MR) is 53.6 cm³/mol. The first kappa shape index (κ1) is 10.6. The molecule has 14 heavy (non-hydrogen) atoms. The number of benzene rings is 1. The lowest BCUT2D eigenvalue weighted by Crippen LogP contribution is -2.21. The fourth-order valence-electron chi connectivity index (χ4n) is 1.14. The van der Waals surface area contributed by atoms with Crippen LogP contribution in [0.4, 0.5) is 0 Å². The summed E-state index contributed by atoms with van der Waals surface area (Å²) in [7, 11) is 1.55. The maximum absolute atomic E-state index is 10.5. The van der Waals surface area contributed by atoms with Crippen LogP contribution in [0.25, 0.3) is 0 Å². The van der Waals surface area contributed by atoms with Crippen molar-refractivity contribution in [3.63, 3.8) is 0 Å². The minimum atomic E-state index is -0.624. The zero-order valence-corrected chi connectivity index (χ0v) is 8.40. The Hall–Kier alpha value is -1.53. The number of hydrogen-bond donors (Lipinski definition) is 0. The molecule has 0 spiro atoms. The van der Waals surface area contributed by atoms with E-state index >= 15 is 0 Å². The number of carbonyl (C=O) groups excluding carboxylic acids is 1. The predicted octanol–water partition coefficient (Wildman–Crippen LogP) is 1.99. The van der Waals surface area contributed by atoms with E-state index in [1.807, 2.05) is 6.07 Å². The lowest BCUT2D eigenvalue weighted by atomic mass is 10.1. The molecule has 72 valence electrons. The second-order valence-corrected chi connectivity index (χ2v) is 3.23. The normalized spacial score (nSPS) is 11.5. The molecule has 0 N–H and O–H groups in total. The Bertz CT molecular complexity index is 373. The van der Waals surface area contributed by atoms with Crippen LogP contribution >= 0.6 is 11.6 Å². The molecule has 1 aromatic rings. The molecule has 3 nitrogen and oxygen atoms in total. The molecule has 0 bridgehead atoms. The minimum absolute atomic E-state index is 0.493. The molecule has 0 heterocycles. The summed E-state index contributed by atoms with van der Waals surface area (Å²) in [6.07, 6.45) is 0.608. The molecule has 4 heteroatoms.